The molecule has 23 heavy (non-hydrogen) atoms. The number of nitrogens with two attached hydrogens (primary N) is 1. The molecule has 2 heterocycles. The number of carbonyl (C=O) groups is 1. The van der Waals surface area contributed by atoms with E-state index in [0.29, 0.717) is 19.8 Å². The largest absolute Gasteiger partial charge is 0.381 e. The number of nitrogens with zero attached hydrogens (tertiary/aromatic N) is 2. The van der Waals surface area contributed by atoms with Gasteiger partial charge >= 0.3 is 0 Å². The maximum Gasteiger partial charge on any atom is 0.230 e. The Balaban J connectivity index is 1.53. The first kappa shape index (κ1) is 17.2. The zero-order valence-corrected chi connectivity index (χ0v) is 14.6. The van der Waals surface area contributed by atoms with Crippen LogP contribution >= 0.6 is 0 Å². The van der Waals surface area contributed by atoms with E-state index in [-0.39, 0.29) is 11.3 Å². The van der Waals surface area contributed by atoms with E-state index >= 15 is 0 Å². The van der Waals surface area contributed by atoms with Crippen LogP contribution in [0, 0.1) is 11.3 Å². The molecule has 1 saturated carbocycles. The van der Waals surface area contributed by atoms with Crippen molar-refractivity contribution in [3.8, 4) is 0 Å². The summed E-state index contributed by atoms with van der Waals surface area (Å²) in [4.78, 5) is 17.7. The molecule has 3 aliphatic rings. The molecule has 132 valence electrons. The van der Waals surface area contributed by atoms with Gasteiger partial charge in [-0.2, -0.15) is 0 Å². The number of carbonyl (C=O) groups excluding carboxylic acids is 1. The fourth-order valence-corrected chi connectivity index (χ4v) is 4.50. The van der Waals surface area contributed by atoms with Gasteiger partial charge in [-0.05, 0) is 44.4 Å². The van der Waals surface area contributed by atoms with E-state index in [1.807, 2.05) is 0 Å². The third-order valence-corrected chi connectivity index (χ3v) is 6.40. The molecule has 0 bridgehead atoms. The summed E-state index contributed by atoms with van der Waals surface area (Å²) in [7, 11) is 0. The number of piperazine rings is 1. The smallest absolute Gasteiger partial charge is 0.230 e. The molecule has 2 N–H and O–H groups in total. The van der Waals surface area contributed by atoms with E-state index in [0.717, 1.165) is 51.0 Å². The highest BCUT2D eigenvalue weighted by Crippen LogP contribution is 2.33. The van der Waals surface area contributed by atoms with E-state index in [1.54, 1.807) is 0 Å². The molecule has 0 aromatic rings. The number of rotatable bonds is 3. The number of amides is 1. The molecular weight excluding hydrogens is 290 g/mol. The Labute approximate surface area is 140 Å². The number of hydrogen-bond acceptors (Lipinski definition) is 4. The Morgan fingerprint density at radius 1 is 1.09 bits per heavy atom. The maximum absolute atomic E-state index is 13.0. The summed E-state index contributed by atoms with van der Waals surface area (Å²) in [6, 6.07) is 0.745. The number of hydrogen-bond donors (Lipinski definition) is 1. The lowest BCUT2D eigenvalue weighted by Gasteiger charge is -2.45. The zero-order chi connectivity index (χ0) is 16.3. The van der Waals surface area contributed by atoms with E-state index < -0.39 is 0 Å². The molecule has 1 aliphatic carbocycles. The topological polar surface area (TPSA) is 58.8 Å². The summed E-state index contributed by atoms with van der Waals surface area (Å²) in [6.07, 6.45) is 6.95. The molecule has 0 spiro atoms. The van der Waals surface area contributed by atoms with Crippen molar-refractivity contribution in [3.63, 3.8) is 0 Å². The lowest BCUT2D eigenvalue weighted by atomic mass is 9.78. The fourth-order valence-electron chi connectivity index (χ4n) is 4.50. The minimum Gasteiger partial charge on any atom is -0.381 e. The Kier molecular flexibility index (Phi) is 5.60. The molecule has 0 unspecified atom stereocenters. The first-order valence-corrected chi connectivity index (χ1v) is 9.46. The molecule has 5 nitrogen and oxygen atoms in total. The van der Waals surface area contributed by atoms with Crippen LogP contribution in [-0.4, -0.2) is 67.7 Å². The van der Waals surface area contributed by atoms with E-state index in [9.17, 15) is 4.79 Å². The van der Waals surface area contributed by atoms with Crippen molar-refractivity contribution >= 4 is 5.91 Å². The lowest BCUT2D eigenvalue weighted by molar-refractivity contribution is -0.149. The quantitative estimate of drug-likeness (QED) is 0.854. The van der Waals surface area contributed by atoms with Crippen LogP contribution in [-0.2, 0) is 9.53 Å². The van der Waals surface area contributed by atoms with E-state index in [2.05, 4.69) is 16.7 Å². The molecule has 5 heteroatoms. The summed E-state index contributed by atoms with van der Waals surface area (Å²) >= 11 is 0. The average molecular weight is 323 g/mol. The van der Waals surface area contributed by atoms with Crippen molar-refractivity contribution < 1.29 is 9.53 Å². The molecule has 3 fully saturated rings. The molecule has 0 radical (unpaired) electrons. The van der Waals surface area contributed by atoms with Crippen LogP contribution in [0.2, 0.25) is 0 Å². The van der Waals surface area contributed by atoms with Crippen molar-refractivity contribution in [1.29, 1.82) is 0 Å². The fraction of sp³-hybridized carbons (Fsp3) is 0.944. The molecule has 0 aromatic carbocycles. The van der Waals surface area contributed by atoms with Crippen molar-refractivity contribution in [2.24, 2.45) is 17.1 Å². The molecule has 0 aromatic heterocycles. The lowest BCUT2D eigenvalue weighted by Crippen LogP contribution is -2.57. The van der Waals surface area contributed by atoms with Crippen LogP contribution < -0.4 is 5.73 Å². The second kappa shape index (κ2) is 7.49. The average Bonchev–Trinajstić information content (AvgIpc) is 2.62. The van der Waals surface area contributed by atoms with Crippen molar-refractivity contribution in [1.82, 2.24) is 9.80 Å². The van der Waals surface area contributed by atoms with Gasteiger partial charge in [0.05, 0.1) is 5.41 Å². The Morgan fingerprint density at radius 2 is 1.70 bits per heavy atom. The number of ether oxygens (including phenoxy) is 1. The van der Waals surface area contributed by atoms with Gasteiger partial charge < -0.3 is 15.4 Å². The summed E-state index contributed by atoms with van der Waals surface area (Å²) < 4.78 is 5.43. The van der Waals surface area contributed by atoms with Crippen LogP contribution in [0.1, 0.15) is 45.4 Å². The van der Waals surface area contributed by atoms with Crippen LogP contribution in [0.3, 0.4) is 0 Å². The van der Waals surface area contributed by atoms with E-state index in [4.69, 9.17) is 10.5 Å². The van der Waals surface area contributed by atoms with Gasteiger partial charge in [0.15, 0.2) is 0 Å². The van der Waals surface area contributed by atoms with Crippen molar-refractivity contribution in [2.75, 3.05) is 45.9 Å². The first-order chi connectivity index (χ1) is 11.1. The summed E-state index contributed by atoms with van der Waals surface area (Å²) in [5, 5.41) is 0. The summed E-state index contributed by atoms with van der Waals surface area (Å²) in [5.41, 5.74) is 5.63. The maximum atomic E-state index is 13.0. The second-order valence-electron chi connectivity index (χ2n) is 7.84. The predicted octanol–water partition coefficient (Wildman–Crippen LogP) is 1.46. The predicted molar refractivity (Wildman–Crippen MR) is 91.1 cm³/mol. The normalized spacial score (nSPS) is 32.7. The molecule has 1 amide bonds. The molecular formula is C18H33N3O2. The molecule has 2 aliphatic heterocycles. The monoisotopic (exact) mass is 323 g/mol. The SMILES string of the molecule is CC1CCC(N2CCN(C(=O)C3(CN)CCOCC3)CC2)CC1. The Bertz CT molecular complexity index is 393. The van der Waals surface area contributed by atoms with Gasteiger partial charge in [-0.3, -0.25) is 9.69 Å². The van der Waals surface area contributed by atoms with Crippen LogP contribution in [0.4, 0.5) is 0 Å². The van der Waals surface area contributed by atoms with Gasteiger partial charge in [-0.25, -0.2) is 0 Å². The first-order valence-electron chi connectivity index (χ1n) is 9.46. The second-order valence-corrected chi connectivity index (χ2v) is 7.84. The van der Waals surface area contributed by atoms with Crippen LogP contribution in [0.5, 0.6) is 0 Å². The summed E-state index contributed by atoms with van der Waals surface area (Å²) in [6.45, 7) is 7.96. The van der Waals surface area contributed by atoms with Crippen molar-refractivity contribution in [2.45, 2.75) is 51.5 Å². The van der Waals surface area contributed by atoms with Crippen molar-refractivity contribution in [3.05, 3.63) is 0 Å². The molecule has 0 atom stereocenters. The van der Waals surface area contributed by atoms with Gasteiger partial charge in [0.25, 0.3) is 0 Å². The standard InChI is InChI=1S/C18H33N3O2/c1-15-2-4-16(5-3-15)20-8-10-21(11-9-20)17(22)18(14-19)6-12-23-13-7-18/h15-16H,2-14,19H2,1H3. The van der Waals surface area contributed by atoms with Gasteiger partial charge in [-0.1, -0.05) is 6.92 Å². The van der Waals surface area contributed by atoms with Crippen LogP contribution in [0.25, 0.3) is 0 Å². The zero-order valence-electron chi connectivity index (χ0n) is 14.6. The molecule has 3 rings (SSSR count). The van der Waals surface area contributed by atoms with Gasteiger partial charge in [0.2, 0.25) is 5.91 Å². The summed E-state index contributed by atoms with van der Waals surface area (Å²) in [5.74, 6) is 1.17. The van der Waals surface area contributed by atoms with Crippen LogP contribution in [0.15, 0.2) is 0 Å². The minimum atomic E-state index is -0.360. The van der Waals surface area contributed by atoms with Gasteiger partial charge in [0.1, 0.15) is 0 Å². The van der Waals surface area contributed by atoms with Gasteiger partial charge in [0, 0.05) is 52.0 Å². The third-order valence-electron chi connectivity index (χ3n) is 6.40. The van der Waals surface area contributed by atoms with E-state index in [1.165, 1.54) is 25.7 Å². The Morgan fingerprint density at radius 3 is 2.26 bits per heavy atom. The molecule has 2 saturated heterocycles. The highest BCUT2D eigenvalue weighted by Gasteiger charge is 2.42. The van der Waals surface area contributed by atoms with Gasteiger partial charge in [-0.15, -0.1) is 0 Å². The minimum absolute atomic E-state index is 0.278. The Hall–Kier alpha value is -0.650. The third kappa shape index (κ3) is 3.72. The highest BCUT2D eigenvalue weighted by molar-refractivity contribution is 5.83. The highest BCUT2D eigenvalue weighted by atomic mass is 16.5.